The minimum absolute atomic E-state index is 0.241. The minimum Gasteiger partial charge on any atom is -0.393 e. The second-order valence-electron chi connectivity index (χ2n) is 6.48. The van der Waals surface area contributed by atoms with Crippen molar-refractivity contribution < 1.29 is 9.90 Å². The number of hydrogen-bond acceptors (Lipinski definition) is 3. The van der Waals surface area contributed by atoms with Gasteiger partial charge in [-0.2, -0.15) is 0 Å². The van der Waals surface area contributed by atoms with E-state index in [1.54, 1.807) is 6.92 Å². The smallest absolute Gasteiger partial charge is 0.319 e. The second kappa shape index (κ2) is 8.03. The molecule has 0 saturated carbocycles. The molecule has 2 aromatic rings. The third-order valence-electron chi connectivity index (χ3n) is 4.46. The first-order chi connectivity index (χ1) is 12.1. The summed E-state index contributed by atoms with van der Waals surface area (Å²) in [4.78, 5) is 14.4. The maximum absolute atomic E-state index is 12.1. The number of aliphatic hydroxyl groups excluding tert-OH is 1. The molecule has 25 heavy (non-hydrogen) atoms. The van der Waals surface area contributed by atoms with Crippen LogP contribution in [0.1, 0.15) is 24.5 Å². The zero-order valence-corrected chi connectivity index (χ0v) is 14.5. The predicted molar refractivity (Wildman–Crippen MR) is 101 cm³/mol. The number of para-hydroxylation sites is 2. The van der Waals surface area contributed by atoms with Crippen LogP contribution in [0.4, 0.5) is 16.2 Å². The lowest BCUT2D eigenvalue weighted by atomic mass is 10.1. The lowest BCUT2D eigenvalue weighted by molar-refractivity contribution is 0.184. The van der Waals surface area contributed by atoms with Crippen LogP contribution < -0.4 is 15.5 Å². The number of urea groups is 1. The molecule has 0 radical (unpaired) electrons. The second-order valence-corrected chi connectivity index (χ2v) is 6.48. The molecular weight excluding hydrogens is 314 g/mol. The van der Waals surface area contributed by atoms with E-state index in [2.05, 4.69) is 39.8 Å². The van der Waals surface area contributed by atoms with Crippen LogP contribution in [0.5, 0.6) is 0 Å². The van der Waals surface area contributed by atoms with Crippen LogP contribution in [0.3, 0.4) is 0 Å². The third kappa shape index (κ3) is 4.51. The van der Waals surface area contributed by atoms with Crippen LogP contribution in [0.2, 0.25) is 0 Å². The molecule has 1 aliphatic rings. The Morgan fingerprint density at radius 1 is 1.20 bits per heavy atom. The number of rotatable bonds is 6. The van der Waals surface area contributed by atoms with E-state index < -0.39 is 6.10 Å². The number of carbonyl (C=O) groups excluding carboxylic acids is 1. The maximum Gasteiger partial charge on any atom is 0.319 e. The lowest BCUT2D eigenvalue weighted by Crippen LogP contribution is -2.31. The average Bonchev–Trinajstić information content (AvgIpc) is 2.99. The molecule has 2 aromatic carbocycles. The van der Waals surface area contributed by atoms with Crippen LogP contribution >= 0.6 is 0 Å². The SMILES string of the molecule is CC(O)CCNC(=O)Nc1ccccc1CN1CCc2ccccc21. The fourth-order valence-corrected chi connectivity index (χ4v) is 3.12. The molecule has 1 unspecified atom stereocenters. The van der Waals surface area contributed by atoms with Gasteiger partial charge in [0.2, 0.25) is 0 Å². The first-order valence-electron chi connectivity index (χ1n) is 8.77. The number of hydrogen-bond donors (Lipinski definition) is 3. The van der Waals surface area contributed by atoms with E-state index in [1.165, 1.54) is 11.3 Å². The highest BCUT2D eigenvalue weighted by molar-refractivity contribution is 5.90. The van der Waals surface area contributed by atoms with E-state index in [-0.39, 0.29) is 6.03 Å². The number of benzene rings is 2. The van der Waals surface area contributed by atoms with Crippen molar-refractivity contribution in [2.75, 3.05) is 23.3 Å². The first-order valence-corrected chi connectivity index (χ1v) is 8.77. The minimum atomic E-state index is -0.414. The Bertz CT molecular complexity index is 730. The number of aliphatic hydroxyl groups is 1. The van der Waals surface area contributed by atoms with Gasteiger partial charge in [-0.1, -0.05) is 36.4 Å². The van der Waals surface area contributed by atoms with Crippen LogP contribution in [-0.2, 0) is 13.0 Å². The Morgan fingerprint density at radius 2 is 1.96 bits per heavy atom. The van der Waals surface area contributed by atoms with E-state index >= 15 is 0 Å². The molecule has 0 fully saturated rings. The Hall–Kier alpha value is -2.53. The van der Waals surface area contributed by atoms with Crippen molar-refractivity contribution in [3.8, 4) is 0 Å². The zero-order chi connectivity index (χ0) is 17.6. The molecular formula is C20H25N3O2. The molecule has 5 nitrogen and oxygen atoms in total. The van der Waals surface area contributed by atoms with Gasteiger partial charge in [-0.3, -0.25) is 0 Å². The molecule has 3 N–H and O–H groups in total. The van der Waals surface area contributed by atoms with Crippen LogP contribution in [0.25, 0.3) is 0 Å². The van der Waals surface area contributed by atoms with Crippen LogP contribution in [0.15, 0.2) is 48.5 Å². The van der Waals surface area contributed by atoms with Crippen molar-refractivity contribution in [3.63, 3.8) is 0 Å². The molecule has 1 aliphatic heterocycles. The summed E-state index contributed by atoms with van der Waals surface area (Å²) >= 11 is 0. The van der Waals surface area contributed by atoms with Crippen molar-refractivity contribution in [2.45, 2.75) is 32.4 Å². The van der Waals surface area contributed by atoms with Gasteiger partial charge in [0.25, 0.3) is 0 Å². The molecule has 0 spiro atoms. The van der Waals surface area contributed by atoms with E-state index in [0.29, 0.717) is 13.0 Å². The number of amides is 2. The summed E-state index contributed by atoms with van der Waals surface area (Å²) in [5, 5.41) is 15.0. The summed E-state index contributed by atoms with van der Waals surface area (Å²) in [7, 11) is 0. The molecule has 2 amide bonds. The van der Waals surface area contributed by atoms with Gasteiger partial charge in [0, 0.05) is 31.0 Å². The monoisotopic (exact) mass is 339 g/mol. The third-order valence-corrected chi connectivity index (χ3v) is 4.46. The van der Waals surface area contributed by atoms with Gasteiger partial charge in [0.15, 0.2) is 0 Å². The molecule has 0 saturated heterocycles. The highest BCUT2D eigenvalue weighted by Gasteiger charge is 2.19. The van der Waals surface area contributed by atoms with Crippen molar-refractivity contribution in [2.24, 2.45) is 0 Å². The van der Waals surface area contributed by atoms with Crippen molar-refractivity contribution in [1.29, 1.82) is 0 Å². The maximum atomic E-state index is 12.1. The van der Waals surface area contributed by atoms with Crippen LogP contribution in [-0.4, -0.2) is 30.3 Å². The van der Waals surface area contributed by atoms with Crippen molar-refractivity contribution in [3.05, 3.63) is 59.7 Å². The Labute approximate surface area is 148 Å². The van der Waals surface area contributed by atoms with Gasteiger partial charge in [0.1, 0.15) is 0 Å². The van der Waals surface area contributed by atoms with Gasteiger partial charge in [-0.25, -0.2) is 4.79 Å². The van der Waals surface area contributed by atoms with Gasteiger partial charge in [-0.05, 0) is 43.0 Å². The largest absolute Gasteiger partial charge is 0.393 e. The average molecular weight is 339 g/mol. The molecule has 5 heteroatoms. The quantitative estimate of drug-likeness (QED) is 0.757. The topological polar surface area (TPSA) is 64.6 Å². The molecule has 1 heterocycles. The predicted octanol–water partition coefficient (Wildman–Crippen LogP) is 3.14. The summed E-state index contributed by atoms with van der Waals surface area (Å²) in [6.07, 6.45) is 1.19. The van der Waals surface area contributed by atoms with Gasteiger partial charge < -0.3 is 20.6 Å². The molecule has 0 aromatic heterocycles. The fourth-order valence-electron chi connectivity index (χ4n) is 3.12. The highest BCUT2D eigenvalue weighted by Crippen LogP contribution is 2.30. The van der Waals surface area contributed by atoms with E-state index in [9.17, 15) is 9.90 Å². The van der Waals surface area contributed by atoms with Gasteiger partial charge in [-0.15, -0.1) is 0 Å². The molecule has 0 aliphatic carbocycles. The summed E-state index contributed by atoms with van der Waals surface area (Å²) in [6, 6.07) is 16.1. The molecule has 132 valence electrons. The van der Waals surface area contributed by atoms with E-state index in [0.717, 1.165) is 30.8 Å². The Kier molecular flexibility index (Phi) is 5.56. The van der Waals surface area contributed by atoms with Crippen molar-refractivity contribution in [1.82, 2.24) is 5.32 Å². The number of anilines is 2. The molecule has 1 atom stereocenters. The summed E-state index contributed by atoms with van der Waals surface area (Å²) < 4.78 is 0. The fraction of sp³-hybridized carbons (Fsp3) is 0.350. The molecule has 0 bridgehead atoms. The van der Waals surface area contributed by atoms with Gasteiger partial charge in [0.05, 0.1) is 6.10 Å². The van der Waals surface area contributed by atoms with E-state index in [4.69, 9.17) is 0 Å². The van der Waals surface area contributed by atoms with E-state index in [1.807, 2.05) is 24.3 Å². The van der Waals surface area contributed by atoms with Crippen LogP contribution in [0, 0.1) is 0 Å². The van der Waals surface area contributed by atoms with Crippen molar-refractivity contribution >= 4 is 17.4 Å². The number of fused-ring (bicyclic) bond motifs is 1. The lowest BCUT2D eigenvalue weighted by Gasteiger charge is -2.21. The van der Waals surface area contributed by atoms with Gasteiger partial charge >= 0.3 is 6.03 Å². The Morgan fingerprint density at radius 3 is 2.80 bits per heavy atom. The Balaban J connectivity index is 1.65. The standard InChI is InChI=1S/C20H25N3O2/c1-15(24)10-12-21-20(25)22-18-8-4-2-7-17(18)14-23-13-11-16-6-3-5-9-19(16)23/h2-9,15,24H,10-14H2,1H3,(H2,21,22,25). The summed E-state index contributed by atoms with van der Waals surface area (Å²) in [5.41, 5.74) is 4.56. The number of nitrogens with one attached hydrogen (secondary N) is 2. The normalized spacial score (nSPS) is 14.1. The summed E-state index contributed by atoms with van der Waals surface area (Å²) in [6.45, 7) is 3.92. The zero-order valence-electron chi connectivity index (χ0n) is 14.5. The molecule has 3 rings (SSSR count). The highest BCUT2D eigenvalue weighted by atomic mass is 16.3. The summed E-state index contributed by atoms with van der Waals surface area (Å²) in [5.74, 6) is 0. The number of carbonyl (C=O) groups is 1. The first kappa shape index (κ1) is 17.3. The number of nitrogens with zero attached hydrogens (tertiary/aromatic N) is 1.